The lowest BCUT2D eigenvalue weighted by atomic mass is 10.0. The van der Waals surface area contributed by atoms with Crippen molar-refractivity contribution in [2.75, 3.05) is 6.61 Å². The molecular formula is C26H25ClN2O7. The molecule has 0 radical (unpaired) electrons. The smallest absolute Gasteiger partial charge is 0.336 e. The molecule has 4 rings (SSSR count). The SMILES string of the molecule is CCCCc1cc(=O)oc2cc(OCC(=O)NC(Cc3c[nH]c4ccc(O)cc34)C(=O)O)c(Cl)cc12. The predicted molar refractivity (Wildman–Crippen MR) is 135 cm³/mol. The molecule has 0 saturated heterocycles. The van der Waals surface area contributed by atoms with Crippen LogP contribution < -0.4 is 15.7 Å². The molecule has 36 heavy (non-hydrogen) atoms. The van der Waals surface area contributed by atoms with E-state index in [1.54, 1.807) is 18.3 Å². The number of nitrogens with one attached hydrogen (secondary N) is 2. The minimum absolute atomic E-state index is 0.00699. The highest BCUT2D eigenvalue weighted by Crippen LogP contribution is 2.32. The first-order chi connectivity index (χ1) is 17.2. The number of ether oxygens (including phenoxy) is 1. The molecule has 0 fully saturated rings. The van der Waals surface area contributed by atoms with Crippen molar-refractivity contribution in [3.05, 3.63) is 69.2 Å². The number of hydrogen-bond donors (Lipinski definition) is 4. The first kappa shape index (κ1) is 25.1. The van der Waals surface area contributed by atoms with Crippen LogP contribution in [0.5, 0.6) is 11.5 Å². The number of carboxylic acids is 1. The Morgan fingerprint density at radius 2 is 1.97 bits per heavy atom. The number of benzene rings is 2. The molecule has 0 aliphatic carbocycles. The minimum atomic E-state index is -1.23. The lowest BCUT2D eigenvalue weighted by Gasteiger charge is -2.15. The van der Waals surface area contributed by atoms with E-state index in [4.69, 9.17) is 20.8 Å². The Labute approximate surface area is 210 Å². The summed E-state index contributed by atoms with van der Waals surface area (Å²) in [6.45, 7) is 1.56. The Morgan fingerprint density at radius 3 is 2.72 bits per heavy atom. The number of aryl methyl sites for hydroxylation is 1. The summed E-state index contributed by atoms with van der Waals surface area (Å²) in [6.07, 6.45) is 4.20. The standard InChI is InChI=1S/C26H25ClN2O7/c1-2-3-4-14-8-25(32)36-22-11-23(19(27)10-18(14)22)35-13-24(31)29-21(26(33)34)7-15-12-28-20-6-5-16(30)9-17(15)20/h5-6,8-12,21,28,30H,2-4,7,13H2,1H3,(H,29,31)(H,33,34). The van der Waals surface area contributed by atoms with Crippen LogP contribution in [0.3, 0.4) is 0 Å². The van der Waals surface area contributed by atoms with Crippen molar-refractivity contribution in [2.24, 2.45) is 0 Å². The first-order valence-corrected chi connectivity index (χ1v) is 11.8. The average Bonchev–Trinajstić information content (AvgIpc) is 3.22. The van der Waals surface area contributed by atoms with Crippen LogP contribution in [0.2, 0.25) is 5.02 Å². The van der Waals surface area contributed by atoms with Crippen LogP contribution in [0, 0.1) is 0 Å². The first-order valence-electron chi connectivity index (χ1n) is 11.5. The van der Waals surface area contributed by atoms with E-state index in [1.807, 2.05) is 0 Å². The number of carbonyl (C=O) groups is 2. The molecular weight excluding hydrogens is 488 g/mol. The summed E-state index contributed by atoms with van der Waals surface area (Å²) in [5, 5.41) is 23.4. The summed E-state index contributed by atoms with van der Waals surface area (Å²) in [4.78, 5) is 39.3. The van der Waals surface area contributed by atoms with Crippen LogP contribution in [-0.4, -0.2) is 39.7 Å². The molecule has 9 nitrogen and oxygen atoms in total. The minimum Gasteiger partial charge on any atom is -0.508 e. The molecule has 0 saturated carbocycles. The van der Waals surface area contributed by atoms with Crippen LogP contribution in [0.1, 0.15) is 30.9 Å². The van der Waals surface area contributed by atoms with E-state index in [9.17, 15) is 24.6 Å². The van der Waals surface area contributed by atoms with Gasteiger partial charge in [-0.05, 0) is 48.2 Å². The second kappa shape index (κ2) is 10.7. The van der Waals surface area contributed by atoms with E-state index in [2.05, 4.69) is 17.2 Å². The predicted octanol–water partition coefficient (Wildman–Crippen LogP) is 4.17. The molecule has 1 atom stereocenters. The van der Waals surface area contributed by atoms with Crippen LogP contribution in [0.15, 0.2) is 51.8 Å². The number of amides is 1. The average molecular weight is 513 g/mol. The molecule has 0 aliphatic rings. The van der Waals surface area contributed by atoms with Gasteiger partial charge in [0.1, 0.15) is 23.1 Å². The Kier molecular flexibility index (Phi) is 7.49. The molecule has 188 valence electrons. The summed E-state index contributed by atoms with van der Waals surface area (Å²) in [5.41, 5.74) is 1.98. The third kappa shape index (κ3) is 5.63. The van der Waals surface area contributed by atoms with Gasteiger partial charge in [0.25, 0.3) is 5.91 Å². The highest BCUT2D eigenvalue weighted by atomic mass is 35.5. The zero-order chi connectivity index (χ0) is 25.8. The lowest BCUT2D eigenvalue weighted by molar-refractivity contribution is -0.142. The zero-order valence-electron chi connectivity index (χ0n) is 19.5. The molecule has 2 aromatic heterocycles. The van der Waals surface area contributed by atoms with Crippen molar-refractivity contribution >= 4 is 45.3 Å². The normalized spacial score (nSPS) is 12.1. The fraction of sp³-hybridized carbons (Fsp3) is 0.269. The molecule has 0 aliphatic heterocycles. The lowest BCUT2D eigenvalue weighted by Crippen LogP contribution is -2.44. The number of fused-ring (bicyclic) bond motifs is 2. The Hall–Kier alpha value is -3.98. The number of phenolic OH excluding ortho intramolecular Hbond substituents is 1. The topological polar surface area (TPSA) is 142 Å². The number of halogens is 1. The molecule has 4 N–H and O–H groups in total. The second-order valence-corrected chi connectivity index (χ2v) is 8.88. The van der Waals surface area contributed by atoms with Gasteiger partial charge in [0.05, 0.1) is 5.02 Å². The maximum atomic E-state index is 12.5. The van der Waals surface area contributed by atoms with E-state index in [1.165, 1.54) is 24.3 Å². The number of aromatic hydroxyl groups is 1. The van der Waals surface area contributed by atoms with E-state index >= 15 is 0 Å². The van der Waals surface area contributed by atoms with Gasteiger partial charge in [-0.3, -0.25) is 4.79 Å². The Morgan fingerprint density at radius 1 is 1.17 bits per heavy atom. The van der Waals surface area contributed by atoms with E-state index in [0.29, 0.717) is 28.3 Å². The monoisotopic (exact) mass is 512 g/mol. The highest BCUT2D eigenvalue weighted by Gasteiger charge is 2.23. The third-order valence-electron chi connectivity index (χ3n) is 5.85. The number of rotatable bonds is 10. The molecule has 4 aromatic rings. The van der Waals surface area contributed by atoms with Gasteiger partial charge in [-0.15, -0.1) is 0 Å². The molecule has 10 heteroatoms. The van der Waals surface area contributed by atoms with Gasteiger partial charge in [0.15, 0.2) is 6.61 Å². The number of H-pyrrole nitrogens is 1. The molecule has 2 heterocycles. The van der Waals surface area contributed by atoms with E-state index < -0.39 is 30.2 Å². The maximum absolute atomic E-state index is 12.5. The van der Waals surface area contributed by atoms with E-state index in [0.717, 1.165) is 23.9 Å². The number of carbonyl (C=O) groups excluding carboxylic acids is 1. The van der Waals surface area contributed by atoms with Gasteiger partial charge in [0.2, 0.25) is 0 Å². The number of phenols is 1. The summed E-state index contributed by atoms with van der Waals surface area (Å²) in [6, 6.07) is 8.03. The van der Waals surface area contributed by atoms with Gasteiger partial charge in [-0.1, -0.05) is 24.9 Å². The summed E-state index contributed by atoms with van der Waals surface area (Å²) in [7, 11) is 0. The highest BCUT2D eigenvalue weighted by molar-refractivity contribution is 6.32. The van der Waals surface area contributed by atoms with Crippen molar-refractivity contribution in [3.8, 4) is 11.5 Å². The van der Waals surface area contributed by atoms with Crippen molar-refractivity contribution in [2.45, 2.75) is 38.6 Å². The number of aliphatic carboxylic acids is 1. The van der Waals surface area contributed by atoms with Gasteiger partial charge in [-0.2, -0.15) is 0 Å². The van der Waals surface area contributed by atoms with Gasteiger partial charge in [-0.25, -0.2) is 9.59 Å². The van der Waals surface area contributed by atoms with Crippen molar-refractivity contribution in [1.82, 2.24) is 10.3 Å². The van der Waals surface area contributed by atoms with Crippen LogP contribution in [0.4, 0.5) is 0 Å². The summed E-state index contributed by atoms with van der Waals surface area (Å²) < 4.78 is 10.8. The van der Waals surface area contributed by atoms with Gasteiger partial charge in [0, 0.05) is 41.0 Å². The maximum Gasteiger partial charge on any atom is 0.336 e. The number of unbranched alkanes of at least 4 members (excludes halogenated alkanes) is 1. The van der Waals surface area contributed by atoms with Crippen LogP contribution in [-0.2, 0) is 22.4 Å². The number of aromatic amines is 1. The van der Waals surface area contributed by atoms with Crippen molar-refractivity contribution in [3.63, 3.8) is 0 Å². The number of carboxylic acid groups (broad SMARTS) is 1. The quantitative estimate of drug-likeness (QED) is 0.234. The third-order valence-corrected chi connectivity index (χ3v) is 6.14. The van der Waals surface area contributed by atoms with Crippen LogP contribution >= 0.6 is 11.6 Å². The summed E-state index contributed by atoms with van der Waals surface area (Å²) >= 11 is 6.36. The van der Waals surface area contributed by atoms with Gasteiger partial charge >= 0.3 is 11.6 Å². The summed E-state index contributed by atoms with van der Waals surface area (Å²) in [5.74, 6) is -1.70. The van der Waals surface area contributed by atoms with E-state index in [-0.39, 0.29) is 22.9 Å². The number of hydrogen-bond acceptors (Lipinski definition) is 6. The largest absolute Gasteiger partial charge is 0.508 e. The van der Waals surface area contributed by atoms with Crippen LogP contribution in [0.25, 0.3) is 21.9 Å². The fourth-order valence-corrected chi connectivity index (χ4v) is 4.27. The second-order valence-electron chi connectivity index (χ2n) is 8.47. The molecule has 0 bridgehead atoms. The zero-order valence-corrected chi connectivity index (χ0v) is 20.2. The number of aromatic nitrogens is 1. The Bertz CT molecular complexity index is 1490. The Balaban J connectivity index is 1.46. The van der Waals surface area contributed by atoms with Gasteiger partial charge < -0.3 is 29.7 Å². The molecule has 2 aromatic carbocycles. The fourth-order valence-electron chi connectivity index (χ4n) is 4.05. The van der Waals surface area contributed by atoms with Crippen molar-refractivity contribution in [1.29, 1.82) is 0 Å². The van der Waals surface area contributed by atoms with Crippen molar-refractivity contribution < 1.29 is 29.0 Å². The molecule has 1 amide bonds. The molecule has 0 spiro atoms. The molecule has 1 unspecified atom stereocenters.